The number of amides is 1. The zero-order chi connectivity index (χ0) is 21.2. The Kier molecular flexibility index (Phi) is 6.31. The topological polar surface area (TPSA) is 95.2 Å². The number of aromatic nitrogens is 2. The number of aryl methyl sites for hydroxylation is 4. The molecule has 158 valence electrons. The van der Waals surface area contributed by atoms with E-state index in [0.29, 0.717) is 17.1 Å². The van der Waals surface area contributed by atoms with E-state index >= 15 is 0 Å². The quantitative estimate of drug-likeness (QED) is 0.752. The first-order chi connectivity index (χ1) is 13.7. The minimum absolute atomic E-state index is 0.123. The molecule has 3 rings (SSSR count). The molecule has 0 unspecified atom stereocenters. The van der Waals surface area contributed by atoms with E-state index in [4.69, 9.17) is 0 Å². The van der Waals surface area contributed by atoms with Gasteiger partial charge in [-0.15, -0.1) is 0 Å². The van der Waals surface area contributed by atoms with Crippen molar-refractivity contribution >= 4 is 21.6 Å². The van der Waals surface area contributed by atoms with Gasteiger partial charge in [-0.3, -0.25) is 14.2 Å². The number of carbonyl (C=O) groups excluding carboxylic acids is 1. The van der Waals surface area contributed by atoms with E-state index < -0.39 is 10.0 Å². The standard InChI is InChI=1S/C21H30N4O3S/c1-14-10-15(2)12-19(11-14)25(13-20(26)22-18-8-6-5-7-9-18)29(27,28)21-16(3)23-24-17(21)4/h10-12,18H,5-9,13H2,1-4H3,(H,22,26)(H,23,24). The predicted octanol–water partition coefficient (Wildman–Crippen LogP) is 3.29. The van der Waals surface area contributed by atoms with Gasteiger partial charge in [0.05, 0.1) is 17.1 Å². The van der Waals surface area contributed by atoms with Crippen molar-refractivity contribution in [2.45, 2.75) is 70.7 Å². The van der Waals surface area contributed by atoms with Gasteiger partial charge in [-0.1, -0.05) is 25.3 Å². The smallest absolute Gasteiger partial charge is 0.268 e. The number of aromatic amines is 1. The maximum absolute atomic E-state index is 13.6. The lowest BCUT2D eigenvalue weighted by molar-refractivity contribution is -0.120. The Morgan fingerprint density at radius 3 is 2.28 bits per heavy atom. The van der Waals surface area contributed by atoms with Crippen LogP contribution in [0.25, 0.3) is 0 Å². The Morgan fingerprint density at radius 1 is 1.10 bits per heavy atom. The molecule has 8 heteroatoms. The molecule has 0 radical (unpaired) electrons. The summed E-state index contributed by atoms with van der Waals surface area (Å²) in [5.74, 6) is -0.279. The third-order valence-electron chi connectivity index (χ3n) is 5.36. The number of nitrogens with one attached hydrogen (secondary N) is 2. The fourth-order valence-electron chi connectivity index (χ4n) is 4.09. The number of hydrogen-bond donors (Lipinski definition) is 2. The van der Waals surface area contributed by atoms with Gasteiger partial charge in [0.15, 0.2) is 0 Å². The summed E-state index contributed by atoms with van der Waals surface area (Å²) in [5.41, 5.74) is 3.22. The van der Waals surface area contributed by atoms with Gasteiger partial charge in [-0.2, -0.15) is 5.10 Å². The maximum Gasteiger partial charge on any atom is 0.268 e. The Labute approximate surface area is 172 Å². The van der Waals surface area contributed by atoms with Crippen LogP contribution >= 0.6 is 0 Å². The molecule has 1 fully saturated rings. The van der Waals surface area contributed by atoms with E-state index in [0.717, 1.165) is 36.8 Å². The number of benzene rings is 1. The van der Waals surface area contributed by atoms with Crippen LogP contribution in [-0.2, 0) is 14.8 Å². The number of sulfonamides is 1. The molecule has 1 aromatic carbocycles. The van der Waals surface area contributed by atoms with Gasteiger partial charge in [-0.05, 0) is 63.8 Å². The fourth-order valence-corrected chi connectivity index (χ4v) is 5.83. The van der Waals surface area contributed by atoms with Gasteiger partial charge in [0.1, 0.15) is 11.4 Å². The summed E-state index contributed by atoms with van der Waals surface area (Å²) < 4.78 is 28.3. The molecule has 29 heavy (non-hydrogen) atoms. The van der Waals surface area contributed by atoms with Crippen molar-refractivity contribution in [1.82, 2.24) is 15.5 Å². The lowest BCUT2D eigenvalue weighted by Gasteiger charge is -2.27. The van der Waals surface area contributed by atoms with Crippen LogP contribution in [0, 0.1) is 27.7 Å². The van der Waals surface area contributed by atoms with Crippen LogP contribution in [0.4, 0.5) is 5.69 Å². The van der Waals surface area contributed by atoms with Crippen molar-refractivity contribution in [1.29, 1.82) is 0 Å². The summed E-state index contributed by atoms with van der Waals surface area (Å²) in [6, 6.07) is 5.69. The number of nitrogens with zero attached hydrogens (tertiary/aromatic N) is 2. The highest BCUT2D eigenvalue weighted by atomic mass is 32.2. The molecule has 1 heterocycles. The average molecular weight is 419 g/mol. The largest absolute Gasteiger partial charge is 0.352 e. The highest BCUT2D eigenvalue weighted by Gasteiger charge is 2.32. The van der Waals surface area contributed by atoms with E-state index in [1.54, 1.807) is 26.0 Å². The number of rotatable bonds is 6. The molecule has 2 N–H and O–H groups in total. The lowest BCUT2D eigenvalue weighted by Crippen LogP contribution is -2.45. The van der Waals surface area contributed by atoms with E-state index in [-0.39, 0.29) is 23.4 Å². The first-order valence-electron chi connectivity index (χ1n) is 10.1. The molecular weight excluding hydrogens is 388 g/mol. The van der Waals surface area contributed by atoms with Gasteiger partial charge in [0.2, 0.25) is 5.91 Å². The molecular formula is C21H30N4O3S. The molecule has 7 nitrogen and oxygen atoms in total. The van der Waals surface area contributed by atoms with Crippen LogP contribution in [0.5, 0.6) is 0 Å². The third-order valence-corrected chi connectivity index (χ3v) is 7.40. The Balaban J connectivity index is 1.96. The third kappa shape index (κ3) is 4.80. The van der Waals surface area contributed by atoms with Crippen molar-refractivity contribution in [2.75, 3.05) is 10.8 Å². The molecule has 2 aromatic rings. The zero-order valence-corrected chi connectivity index (χ0v) is 18.4. The number of anilines is 1. The first kappa shape index (κ1) is 21.4. The molecule has 1 aromatic heterocycles. The van der Waals surface area contributed by atoms with Crippen molar-refractivity contribution in [3.63, 3.8) is 0 Å². The molecule has 0 aliphatic heterocycles. The second-order valence-electron chi connectivity index (χ2n) is 8.02. The van der Waals surface area contributed by atoms with Crippen molar-refractivity contribution in [3.8, 4) is 0 Å². The Bertz CT molecular complexity index is 952. The SMILES string of the molecule is Cc1cc(C)cc(N(CC(=O)NC2CCCCC2)S(=O)(=O)c2c(C)n[nH]c2C)c1. The van der Waals surface area contributed by atoms with E-state index in [1.165, 1.54) is 10.7 Å². The summed E-state index contributed by atoms with van der Waals surface area (Å²) in [4.78, 5) is 12.9. The highest BCUT2D eigenvalue weighted by Crippen LogP contribution is 2.28. The monoisotopic (exact) mass is 418 g/mol. The molecule has 1 aliphatic carbocycles. The van der Waals surface area contributed by atoms with Crippen molar-refractivity contribution in [3.05, 3.63) is 40.7 Å². The summed E-state index contributed by atoms with van der Waals surface area (Å²) >= 11 is 0. The van der Waals surface area contributed by atoms with Gasteiger partial charge >= 0.3 is 0 Å². The van der Waals surface area contributed by atoms with Crippen LogP contribution in [0.15, 0.2) is 23.1 Å². The molecule has 0 bridgehead atoms. The minimum atomic E-state index is -3.96. The maximum atomic E-state index is 13.6. The van der Waals surface area contributed by atoms with Gasteiger partial charge in [0.25, 0.3) is 10.0 Å². The van der Waals surface area contributed by atoms with Gasteiger partial charge < -0.3 is 5.32 Å². The minimum Gasteiger partial charge on any atom is -0.352 e. The lowest BCUT2D eigenvalue weighted by atomic mass is 9.95. The first-order valence-corrected chi connectivity index (χ1v) is 11.5. The summed E-state index contributed by atoms with van der Waals surface area (Å²) in [6.07, 6.45) is 5.27. The average Bonchev–Trinajstić information content (AvgIpc) is 2.98. The molecule has 0 spiro atoms. The van der Waals surface area contributed by atoms with Crippen LogP contribution in [0.2, 0.25) is 0 Å². The molecule has 0 atom stereocenters. The molecule has 0 saturated heterocycles. The number of carbonyl (C=O) groups is 1. The Morgan fingerprint density at radius 2 is 1.72 bits per heavy atom. The van der Waals surface area contributed by atoms with E-state index in [1.807, 2.05) is 19.9 Å². The van der Waals surface area contributed by atoms with Crippen LogP contribution in [-0.4, -0.2) is 37.1 Å². The van der Waals surface area contributed by atoms with Crippen LogP contribution in [0.1, 0.15) is 54.6 Å². The van der Waals surface area contributed by atoms with E-state index in [2.05, 4.69) is 15.5 Å². The fraction of sp³-hybridized carbons (Fsp3) is 0.524. The Hall–Kier alpha value is -2.35. The highest BCUT2D eigenvalue weighted by molar-refractivity contribution is 7.93. The van der Waals surface area contributed by atoms with Crippen molar-refractivity contribution in [2.24, 2.45) is 0 Å². The second kappa shape index (κ2) is 8.57. The number of H-pyrrole nitrogens is 1. The van der Waals surface area contributed by atoms with Crippen LogP contribution < -0.4 is 9.62 Å². The predicted molar refractivity (Wildman–Crippen MR) is 114 cm³/mol. The summed E-state index contributed by atoms with van der Waals surface area (Å²) in [7, 11) is -3.96. The molecule has 1 amide bonds. The van der Waals surface area contributed by atoms with Gasteiger partial charge in [0, 0.05) is 6.04 Å². The zero-order valence-electron chi connectivity index (χ0n) is 17.6. The van der Waals surface area contributed by atoms with E-state index in [9.17, 15) is 13.2 Å². The summed E-state index contributed by atoms with van der Waals surface area (Å²) in [5, 5.41) is 9.80. The van der Waals surface area contributed by atoms with Gasteiger partial charge in [-0.25, -0.2) is 8.42 Å². The van der Waals surface area contributed by atoms with Crippen LogP contribution in [0.3, 0.4) is 0 Å². The molecule has 1 saturated carbocycles. The second-order valence-corrected chi connectivity index (χ2v) is 9.82. The normalized spacial score (nSPS) is 15.3. The summed E-state index contributed by atoms with van der Waals surface area (Å²) in [6.45, 7) is 6.90. The number of hydrogen-bond acceptors (Lipinski definition) is 4. The molecule has 1 aliphatic rings. The van der Waals surface area contributed by atoms with Crippen molar-refractivity contribution < 1.29 is 13.2 Å².